The molecule has 0 unspecified atom stereocenters. The molecule has 0 spiro atoms. The number of nitrogens with zero attached hydrogens (tertiary/aromatic N) is 2. The molecule has 108 valence electrons. The van der Waals surface area contributed by atoms with Gasteiger partial charge in [-0.15, -0.1) is 0 Å². The fourth-order valence-electron chi connectivity index (χ4n) is 1.82. The summed E-state index contributed by atoms with van der Waals surface area (Å²) in [5.41, 5.74) is 6.22. The second-order valence-corrected chi connectivity index (χ2v) is 4.87. The minimum atomic E-state index is -0.577. The second kappa shape index (κ2) is 5.35. The fourth-order valence-corrected chi connectivity index (χ4v) is 1.82. The molecule has 3 rings (SSSR count). The van der Waals surface area contributed by atoms with Crippen LogP contribution >= 0.6 is 0 Å². The van der Waals surface area contributed by atoms with Crippen molar-refractivity contribution in [2.45, 2.75) is 18.9 Å². The maximum Gasteiger partial charge on any atom is 0.254 e. The van der Waals surface area contributed by atoms with Crippen LogP contribution in [0.1, 0.15) is 23.2 Å². The highest BCUT2D eigenvalue weighted by Gasteiger charge is 2.24. The number of hydrogen-bond donors (Lipinski definition) is 3. The number of carbonyl (C=O) groups excluding carboxylic acids is 1. The van der Waals surface area contributed by atoms with Crippen molar-refractivity contribution in [1.82, 2.24) is 9.97 Å². The Labute approximate surface area is 120 Å². The van der Waals surface area contributed by atoms with Crippen LogP contribution in [-0.2, 0) is 0 Å². The summed E-state index contributed by atoms with van der Waals surface area (Å²) in [6, 6.07) is 6.16. The highest BCUT2D eigenvalue weighted by Crippen LogP contribution is 2.26. The van der Waals surface area contributed by atoms with Gasteiger partial charge in [-0.3, -0.25) is 4.79 Å². The van der Waals surface area contributed by atoms with Crippen LogP contribution in [0.15, 0.2) is 30.5 Å². The van der Waals surface area contributed by atoms with Gasteiger partial charge in [-0.2, -0.15) is 4.98 Å². The molecule has 1 aromatic carbocycles. The number of benzene rings is 1. The lowest BCUT2D eigenvalue weighted by molar-refractivity contribution is 0.100. The summed E-state index contributed by atoms with van der Waals surface area (Å²) in [5, 5.41) is 6.10. The number of hydrogen-bond acceptors (Lipinski definition) is 5. The SMILES string of the molecule is NC(=O)c1cnc(Nc2ccc(F)cc2)nc1NC1CC1. The van der Waals surface area contributed by atoms with Crippen molar-refractivity contribution < 1.29 is 9.18 Å². The Bertz CT molecular complexity index is 670. The molecule has 0 radical (unpaired) electrons. The smallest absolute Gasteiger partial charge is 0.254 e. The zero-order chi connectivity index (χ0) is 14.8. The van der Waals surface area contributed by atoms with Crippen LogP contribution in [0.2, 0.25) is 0 Å². The molecule has 0 aliphatic heterocycles. The van der Waals surface area contributed by atoms with Crippen molar-refractivity contribution in [3.63, 3.8) is 0 Å². The summed E-state index contributed by atoms with van der Waals surface area (Å²) in [5.74, 6) is -0.160. The average molecular weight is 287 g/mol. The van der Waals surface area contributed by atoms with E-state index in [0.29, 0.717) is 23.5 Å². The quantitative estimate of drug-likeness (QED) is 0.782. The monoisotopic (exact) mass is 287 g/mol. The van der Waals surface area contributed by atoms with E-state index in [-0.39, 0.29) is 11.4 Å². The zero-order valence-corrected chi connectivity index (χ0v) is 11.1. The highest BCUT2D eigenvalue weighted by atomic mass is 19.1. The first kappa shape index (κ1) is 13.3. The summed E-state index contributed by atoms with van der Waals surface area (Å²) in [6.45, 7) is 0. The van der Waals surface area contributed by atoms with Gasteiger partial charge >= 0.3 is 0 Å². The van der Waals surface area contributed by atoms with Crippen LogP contribution in [0.3, 0.4) is 0 Å². The van der Waals surface area contributed by atoms with Crippen LogP contribution < -0.4 is 16.4 Å². The van der Waals surface area contributed by atoms with E-state index < -0.39 is 5.91 Å². The molecule has 21 heavy (non-hydrogen) atoms. The lowest BCUT2D eigenvalue weighted by Crippen LogP contribution is -2.17. The molecule has 6 nitrogen and oxygen atoms in total. The van der Waals surface area contributed by atoms with Crippen LogP contribution in [0, 0.1) is 5.82 Å². The number of carbonyl (C=O) groups is 1. The number of primary amides is 1. The molecule has 1 heterocycles. The molecular formula is C14H14FN5O. The number of amides is 1. The van der Waals surface area contributed by atoms with E-state index in [0.717, 1.165) is 12.8 Å². The summed E-state index contributed by atoms with van der Waals surface area (Å²) < 4.78 is 12.9. The third kappa shape index (κ3) is 3.25. The summed E-state index contributed by atoms with van der Waals surface area (Å²) >= 11 is 0. The van der Waals surface area contributed by atoms with Crippen molar-refractivity contribution in [3.05, 3.63) is 41.8 Å². The molecule has 1 aliphatic rings. The van der Waals surface area contributed by atoms with Gasteiger partial charge in [0.2, 0.25) is 5.95 Å². The molecule has 1 fully saturated rings. The Morgan fingerprint density at radius 3 is 2.62 bits per heavy atom. The molecule has 7 heteroatoms. The predicted molar refractivity (Wildman–Crippen MR) is 76.9 cm³/mol. The molecule has 0 saturated heterocycles. The minimum absolute atomic E-state index is 0.256. The Balaban J connectivity index is 1.84. The third-order valence-corrected chi connectivity index (χ3v) is 3.07. The highest BCUT2D eigenvalue weighted by molar-refractivity contribution is 5.97. The van der Waals surface area contributed by atoms with E-state index in [2.05, 4.69) is 20.6 Å². The molecule has 1 amide bonds. The molecule has 0 bridgehead atoms. The first-order valence-corrected chi connectivity index (χ1v) is 6.58. The van der Waals surface area contributed by atoms with Crippen molar-refractivity contribution in [1.29, 1.82) is 0 Å². The van der Waals surface area contributed by atoms with E-state index in [1.807, 2.05) is 0 Å². The molecule has 0 atom stereocenters. The number of anilines is 3. The zero-order valence-electron chi connectivity index (χ0n) is 11.1. The van der Waals surface area contributed by atoms with E-state index >= 15 is 0 Å². The standard InChI is InChI=1S/C14H14FN5O/c15-8-1-3-10(4-2-8)19-14-17-7-11(12(16)21)13(20-14)18-9-5-6-9/h1-4,7,9H,5-6H2,(H2,16,21)(H2,17,18,19,20). The normalized spacial score (nSPS) is 13.8. The summed E-state index contributed by atoms with van der Waals surface area (Å²) in [7, 11) is 0. The van der Waals surface area contributed by atoms with Crippen molar-refractivity contribution in [3.8, 4) is 0 Å². The van der Waals surface area contributed by atoms with Gasteiger partial charge in [-0.1, -0.05) is 0 Å². The maximum atomic E-state index is 12.9. The van der Waals surface area contributed by atoms with E-state index in [1.54, 1.807) is 12.1 Å². The topological polar surface area (TPSA) is 92.9 Å². The average Bonchev–Trinajstić information content (AvgIpc) is 3.25. The lowest BCUT2D eigenvalue weighted by atomic mass is 10.3. The number of halogens is 1. The van der Waals surface area contributed by atoms with Crippen molar-refractivity contribution in [2.75, 3.05) is 10.6 Å². The maximum absolute atomic E-state index is 12.9. The Hall–Kier alpha value is -2.70. The van der Waals surface area contributed by atoms with Crippen LogP contribution in [-0.4, -0.2) is 21.9 Å². The number of aromatic nitrogens is 2. The van der Waals surface area contributed by atoms with Gasteiger partial charge in [0.15, 0.2) is 0 Å². The summed E-state index contributed by atoms with van der Waals surface area (Å²) in [4.78, 5) is 19.7. The molecule has 2 aromatic rings. The molecule has 1 saturated carbocycles. The van der Waals surface area contributed by atoms with Gasteiger partial charge in [0, 0.05) is 17.9 Å². The van der Waals surface area contributed by atoms with Crippen LogP contribution in [0.4, 0.5) is 21.8 Å². The van der Waals surface area contributed by atoms with Gasteiger partial charge in [0.1, 0.15) is 11.6 Å². The van der Waals surface area contributed by atoms with E-state index in [1.165, 1.54) is 18.3 Å². The largest absolute Gasteiger partial charge is 0.367 e. The Kier molecular flexibility index (Phi) is 3.39. The molecule has 1 aliphatic carbocycles. The number of nitrogens with one attached hydrogen (secondary N) is 2. The van der Waals surface area contributed by atoms with Gasteiger partial charge in [-0.05, 0) is 37.1 Å². The Morgan fingerprint density at radius 2 is 2.00 bits per heavy atom. The third-order valence-electron chi connectivity index (χ3n) is 3.07. The first-order chi connectivity index (χ1) is 10.1. The molecular weight excluding hydrogens is 273 g/mol. The minimum Gasteiger partial charge on any atom is -0.367 e. The predicted octanol–water partition coefficient (Wildman–Crippen LogP) is 2.03. The molecule has 4 N–H and O–H groups in total. The van der Waals surface area contributed by atoms with Crippen molar-refractivity contribution >= 4 is 23.4 Å². The first-order valence-electron chi connectivity index (χ1n) is 6.58. The van der Waals surface area contributed by atoms with E-state index in [9.17, 15) is 9.18 Å². The van der Waals surface area contributed by atoms with E-state index in [4.69, 9.17) is 5.73 Å². The van der Waals surface area contributed by atoms with Crippen LogP contribution in [0.25, 0.3) is 0 Å². The fraction of sp³-hybridized carbons (Fsp3) is 0.214. The Morgan fingerprint density at radius 1 is 1.29 bits per heavy atom. The molecule has 1 aromatic heterocycles. The van der Waals surface area contributed by atoms with Gasteiger partial charge < -0.3 is 16.4 Å². The lowest BCUT2D eigenvalue weighted by Gasteiger charge is -2.10. The van der Waals surface area contributed by atoms with Crippen molar-refractivity contribution in [2.24, 2.45) is 5.73 Å². The van der Waals surface area contributed by atoms with Gasteiger partial charge in [0.25, 0.3) is 5.91 Å². The van der Waals surface area contributed by atoms with Gasteiger partial charge in [-0.25, -0.2) is 9.37 Å². The van der Waals surface area contributed by atoms with Gasteiger partial charge in [0.05, 0.1) is 5.56 Å². The summed E-state index contributed by atoms with van der Waals surface area (Å²) in [6.07, 6.45) is 3.47. The number of nitrogens with two attached hydrogens (primary N) is 1. The number of rotatable bonds is 5. The van der Waals surface area contributed by atoms with Crippen LogP contribution in [0.5, 0.6) is 0 Å². The second-order valence-electron chi connectivity index (χ2n) is 4.87.